The van der Waals surface area contributed by atoms with E-state index >= 15 is 0 Å². The molecule has 0 aliphatic heterocycles. The Kier molecular flexibility index (Phi) is 5.45. The molecule has 1 saturated carbocycles. The first kappa shape index (κ1) is 16.5. The number of nitrogens with one attached hydrogen (secondary N) is 1. The summed E-state index contributed by atoms with van der Waals surface area (Å²) in [6.45, 7) is 9.17. The fourth-order valence-electron chi connectivity index (χ4n) is 3.86. The maximum absolute atomic E-state index is 5.96. The quantitative estimate of drug-likeness (QED) is 0.622. The van der Waals surface area contributed by atoms with Crippen LogP contribution in [-0.4, -0.2) is 0 Å². The maximum atomic E-state index is 5.96. The number of nitrogens with two attached hydrogens (primary N) is 1. The van der Waals surface area contributed by atoms with E-state index < -0.39 is 0 Å². The lowest BCUT2D eigenvalue weighted by Gasteiger charge is -2.36. The third kappa shape index (κ3) is 3.87. The van der Waals surface area contributed by atoms with Gasteiger partial charge in [0, 0.05) is 6.04 Å². The molecule has 0 aromatic heterocycles. The normalized spacial score (nSPS) is 24.8. The fraction of sp³-hybridized carbons (Fsp3) is 0.684. The van der Waals surface area contributed by atoms with E-state index in [1.807, 2.05) is 0 Å². The zero-order chi connectivity index (χ0) is 15.5. The molecule has 0 amide bonds. The molecule has 0 bridgehead atoms. The first-order chi connectivity index (χ1) is 9.97. The Labute approximate surface area is 130 Å². The Morgan fingerprint density at radius 2 is 1.76 bits per heavy atom. The molecule has 0 radical (unpaired) electrons. The van der Waals surface area contributed by atoms with Crippen LogP contribution in [0.4, 0.5) is 0 Å². The van der Waals surface area contributed by atoms with Gasteiger partial charge in [0.2, 0.25) is 0 Å². The monoisotopic (exact) mass is 288 g/mol. The van der Waals surface area contributed by atoms with Gasteiger partial charge in [0.25, 0.3) is 0 Å². The average Bonchev–Trinajstić information content (AvgIpc) is 2.48. The summed E-state index contributed by atoms with van der Waals surface area (Å²) in [7, 11) is 0. The standard InChI is InChI=1S/C19H32N2/c1-5-14-10-12-15(13-11-14)18(21-20)16-8-6-7-9-17(16)19(2,3)4/h6-9,14-15,18,21H,5,10-13,20H2,1-4H3. The molecule has 1 unspecified atom stereocenters. The van der Waals surface area contributed by atoms with Crippen LogP contribution in [0.1, 0.15) is 77.0 Å². The summed E-state index contributed by atoms with van der Waals surface area (Å²) in [6, 6.07) is 9.10. The second kappa shape index (κ2) is 6.93. The third-order valence-corrected chi connectivity index (χ3v) is 5.22. The van der Waals surface area contributed by atoms with Crippen molar-refractivity contribution in [3.05, 3.63) is 35.4 Å². The predicted molar refractivity (Wildman–Crippen MR) is 90.9 cm³/mol. The van der Waals surface area contributed by atoms with Gasteiger partial charge in [-0.05, 0) is 41.2 Å². The van der Waals surface area contributed by atoms with Gasteiger partial charge in [0.1, 0.15) is 0 Å². The lowest BCUT2D eigenvalue weighted by atomic mass is 9.73. The van der Waals surface area contributed by atoms with Gasteiger partial charge >= 0.3 is 0 Å². The molecule has 1 fully saturated rings. The highest BCUT2D eigenvalue weighted by atomic mass is 15.2. The van der Waals surface area contributed by atoms with Crippen LogP contribution in [0.3, 0.4) is 0 Å². The van der Waals surface area contributed by atoms with E-state index in [2.05, 4.69) is 57.4 Å². The zero-order valence-electron chi connectivity index (χ0n) is 14.2. The molecule has 1 aliphatic carbocycles. The molecule has 0 spiro atoms. The summed E-state index contributed by atoms with van der Waals surface area (Å²) in [6.07, 6.45) is 6.64. The highest BCUT2D eigenvalue weighted by Gasteiger charge is 2.30. The highest BCUT2D eigenvalue weighted by Crippen LogP contribution is 2.40. The molecule has 1 aromatic rings. The van der Waals surface area contributed by atoms with E-state index in [4.69, 9.17) is 5.84 Å². The van der Waals surface area contributed by atoms with Gasteiger partial charge in [-0.15, -0.1) is 0 Å². The Hall–Kier alpha value is -0.860. The first-order valence-corrected chi connectivity index (χ1v) is 8.53. The minimum atomic E-state index is 0.159. The van der Waals surface area contributed by atoms with Crippen molar-refractivity contribution >= 4 is 0 Å². The van der Waals surface area contributed by atoms with Crippen LogP contribution in [0.15, 0.2) is 24.3 Å². The van der Waals surface area contributed by atoms with Crippen molar-refractivity contribution in [2.24, 2.45) is 17.7 Å². The maximum Gasteiger partial charge on any atom is 0.0491 e. The van der Waals surface area contributed by atoms with Gasteiger partial charge in [-0.1, -0.05) is 71.2 Å². The number of hydrogen-bond donors (Lipinski definition) is 2. The predicted octanol–water partition coefficient (Wildman–Crippen LogP) is 4.70. The molecule has 3 N–H and O–H groups in total. The van der Waals surface area contributed by atoms with Gasteiger partial charge < -0.3 is 0 Å². The van der Waals surface area contributed by atoms with Crippen LogP contribution in [0.2, 0.25) is 0 Å². The van der Waals surface area contributed by atoms with Crippen molar-refractivity contribution in [3.8, 4) is 0 Å². The Morgan fingerprint density at radius 1 is 1.14 bits per heavy atom. The number of hydrazine groups is 1. The topological polar surface area (TPSA) is 38.0 Å². The molecular weight excluding hydrogens is 256 g/mol. The Morgan fingerprint density at radius 3 is 2.29 bits per heavy atom. The molecule has 1 atom stereocenters. The summed E-state index contributed by atoms with van der Waals surface area (Å²) < 4.78 is 0. The van der Waals surface area contributed by atoms with Crippen molar-refractivity contribution in [2.75, 3.05) is 0 Å². The molecule has 2 rings (SSSR count). The van der Waals surface area contributed by atoms with E-state index in [9.17, 15) is 0 Å². The number of benzene rings is 1. The summed E-state index contributed by atoms with van der Waals surface area (Å²) in [5.41, 5.74) is 6.11. The van der Waals surface area contributed by atoms with Crippen LogP contribution in [0, 0.1) is 11.8 Å². The first-order valence-electron chi connectivity index (χ1n) is 8.53. The molecule has 21 heavy (non-hydrogen) atoms. The second-order valence-electron chi connectivity index (χ2n) is 7.67. The van der Waals surface area contributed by atoms with Crippen LogP contribution >= 0.6 is 0 Å². The van der Waals surface area contributed by atoms with E-state index in [1.54, 1.807) is 0 Å². The number of rotatable bonds is 4. The molecule has 2 nitrogen and oxygen atoms in total. The summed E-state index contributed by atoms with van der Waals surface area (Å²) in [5, 5.41) is 0. The largest absolute Gasteiger partial charge is 0.271 e. The Bertz CT molecular complexity index is 439. The van der Waals surface area contributed by atoms with Gasteiger partial charge in [-0.2, -0.15) is 0 Å². The van der Waals surface area contributed by atoms with E-state index in [-0.39, 0.29) is 5.41 Å². The summed E-state index contributed by atoms with van der Waals surface area (Å²) >= 11 is 0. The van der Waals surface area contributed by atoms with Crippen LogP contribution < -0.4 is 11.3 Å². The lowest BCUT2D eigenvalue weighted by Crippen LogP contribution is -2.36. The van der Waals surface area contributed by atoms with Crippen molar-refractivity contribution < 1.29 is 0 Å². The van der Waals surface area contributed by atoms with Crippen LogP contribution in [0.5, 0.6) is 0 Å². The van der Waals surface area contributed by atoms with Gasteiger partial charge in [-0.3, -0.25) is 11.3 Å². The SMILES string of the molecule is CCC1CCC(C(NN)c2ccccc2C(C)(C)C)CC1. The molecule has 1 aromatic carbocycles. The van der Waals surface area contributed by atoms with E-state index in [1.165, 1.54) is 43.2 Å². The third-order valence-electron chi connectivity index (χ3n) is 5.22. The van der Waals surface area contributed by atoms with Crippen molar-refractivity contribution in [3.63, 3.8) is 0 Å². The smallest absolute Gasteiger partial charge is 0.0491 e. The molecule has 0 saturated heterocycles. The summed E-state index contributed by atoms with van der Waals surface area (Å²) in [4.78, 5) is 0. The molecular formula is C19H32N2. The van der Waals surface area contributed by atoms with Crippen molar-refractivity contribution in [1.29, 1.82) is 0 Å². The molecule has 1 aliphatic rings. The minimum absolute atomic E-state index is 0.159. The van der Waals surface area contributed by atoms with Crippen molar-refractivity contribution in [1.82, 2.24) is 5.43 Å². The minimum Gasteiger partial charge on any atom is -0.271 e. The van der Waals surface area contributed by atoms with E-state index in [0.29, 0.717) is 12.0 Å². The van der Waals surface area contributed by atoms with Gasteiger partial charge in [-0.25, -0.2) is 0 Å². The van der Waals surface area contributed by atoms with Gasteiger partial charge in [0.05, 0.1) is 0 Å². The highest BCUT2D eigenvalue weighted by molar-refractivity contribution is 5.35. The summed E-state index contributed by atoms with van der Waals surface area (Å²) in [5.74, 6) is 7.56. The second-order valence-corrected chi connectivity index (χ2v) is 7.67. The molecule has 2 heteroatoms. The fourth-order valence-corrected chi connectivity index (χ4v) is 3.86. The Balaban J connectivity index is 2.23. The van der Waals surface area contributed by atoms with Crippen LogP contribution in [-0.2, 0) is 5.41 Å². The zero-order valence-corrected chi connectivity index (χ0v) is 14.2. The van der Waals surface area contributed by atoms with Gasteiger partial charge in [0.15, 0.2) is 0 Å². The molecule has 118 valence electrons. The number of hydrogen-bond acceptors (Lipinski definition) is 2. The molecule has 0 heterocycles. The van der Waals surface area contributed by atoms with Crippen LogP contribution in [0.25, 0.3) is 0 Å². The lowest BCUT2D eigenvalue weighted by molar-refractivity contribution is 0.218. The van der Waals surface area contributed by atoms with Crippen molar-refractivity contribution in [2.45, 2.75) is 71.3 Å². The average molecular weight is 288 g/mol. The van der Waals surface area contributed by atoms with E-state index in [0.717, 1.165) is 5.92 Å².